The second-order valence-electron chi connectivity index (χ2n) is 21.0. The molecule has 8 rings (SSSR count). The second kappa shape index (κ2) is 29.3. The summed E-state index contributed by atoms with van der Waals surface area (Å²) in [6.07, 6.45) is -3.72. The summed E-state index contributed by atoms with van der Waals surface area (Å²) in [6, 6.07) is 23.3. The standard InChI is InChI=1S/C62H72F2N8O12/c1-39(65-5)57(73)67-53(59(75)69-31-29-49-55(69)51(83-47-25-21-45(63)22-26-47)35-71(49)61(77)81-37-43-17-11-9-12-18-43)41(3)79-33-15-7-8-16-34-80-42(4)54(68-58(74)40(2)66-6)60(76)70-32-30-50-56(70)52(84-48-27-23-46(64)24-28-48)36-72(50)62(78)82-38-44-19-13-10-14-20-44/h9-14,17-28,39-42,49-56,65-66H,29-38H2,1-6H3,(H,67,73)(H,68,74)/t39-,40-,41+,42+,49+,50+,51-,52-,53-,54-,55-,56-/m0/s1. The molecule has 0 radical (unpaired) electrons. The highest BCUT2D eigenvalue weighted by atomic mass is 19.1. The molecule has 0 spiro atoms. The molecule has 0 aromatic heterocycles. The molecule has 4 aliphatic rings. The number of amides is 6. The van der Waals surface area contributed by atoms with E-state index in [4.69, 9.17) is 28.4 Å². The number of likely N-dealkylation sites (tertiary alicyclic amines) is 4. The number of likely N-dealkylation sites (N-methyl/N-ethyl adjacent to an activating group) is 2. The van der Waals surface area contributed by atoms with Crippen LogP contribution >= 0.6 is 0 Å². The van der Waals surface area contributed by atoms with Crippen molar-refractivity contribution < 1.29 is 66.0 Å². The largest absolute Gasteiger partial charge is 0.486 e. The second-order valence-corrected chi connectivity index (χ2v) is 21.0. The van der Waals surface area contributed by atoms with Gasteiger partial charge in [-0.3, -0.25) is 29.0 Å². The SMILES string of the molecule is CN[C@@H](C)C(=O)N[C@H](C(=O)N1CC[C@@H]2[C@H]1[C@@H](Oc1ccc(F)cc1)CN2C(=O)OCc1ccccc1)[C@@H](C)OCC#CC#CCO[C@H](C)[C@H](NC(=O)[C@H](C)NC)C(=O)N1CC[C@@H]2[C@H]1[C@@H](Oc1ccc(F)cc1)CN2C(=O)OCc1ccccc1. The monoisotopic (exact) mass is 1160 g/mol. The Balaban J connectivity index is 0.914. The fourth-order valence-corrected chi connectivity index (χ4v) is 10.8. The average molecular weight is 1160 g/mol. The lowest BCUT2D eigenvalue weighted by Gasteiger charge is -2.34. The molecule has 6 amide bonds. The Kier molecular flexibility index (Phi) is 21.6. The van der Waals surface area contributed by atoms with Crippen LogP contribution in [0.15, 0.2) is 109 Å². The summed E-state index contributed by atoms with van der Waals surface area (Å²) in [6.45, 7) is 6.81. The van der Waals surface area contributed by atoms with E-state index in [1.165, 1.54) is 48.5 Å². The summed E-state index contributed by atoms with van der Waals surface area (Å²) in [5.41, 5.74) is 1.60. The van der Waals surface area contributed by atoms with Gasteiger partial charge in [0.1, 0.15) is 73.9 Å². The Morgan fingerprint density at radius 2 is 0.905 bits per heavy atom. The molecule has 4 fully saturated rings. The van der Waals surface area contributed by atoms with E-state index in [9.17, 15) is 37.5 Å². The Morgan fingerprint density at radius 1 is 0.536 bits per heavy atom. The van der Waals surface area contributed by atoms with E-state index in [0.717, 1.165) is 11.1 Å². The third-order valence-corrected chi connectivity index (χ3v) is 15.6. The molecule has 4 saturated heterocycles. The predicted molar refractivity (Wildman–Crippen MR) is 303 cm³/mol. The Labute approximate surface area is 488 Å². The minimum absolute atomic E-state index is 0.0358. The molecule has 4 aromatic rings. The van der Waals surface area contributed by atoms with Crippen molar-refractivity contribution in [1.29, 1.82) is 0 Å². The van der Waals surface area contributed by atoms with Crippen LogP contribution in [0.3, 0.4) is 0 Å². The summed E-state index contributed by atoms with van der Waals surface area (Å²) >= 11 is 0. The van der Waals surface area contributed by atoms with Gasteiger partial charge in [0.25, 0.3) is 0 Å². The van der Waals surface area contributed by atoms with E-state index in [1.807, 2.05) is 60.7 Å². The number of hydrogen-bond acceptors (Lipinski definition) is 14. The van der Waals surface area contributed by atoms with Crippen molar-refractivity contribution in [3.05, 3.63) is 132 Å². The van der Waals surface area contributed by atoms with Crippen LogP contribution in [0.4, 0.5) is 18.4 Å². The molecule has 4 aromatic carbocycles. The Morgan fingerprint density at radius 3 is 1.26 bits per heavy atom. The van der Waals surface area contributed by atoms with Crippen molar-refractivity contribution in [2.24, 2.45) is 0 Å². The van der Waals surface area contributed by atoms with Gasteiger partial charge < -0.3 is 59.5 Å². The van der Waals surface area contributed by atoms with Crippen molar-refractivity contribution in [1.82, 2.24) is 40.9 Å². The molecule has 4 N–H and O–H groups in total. The van der Waals surface area contributed by atoms with Gasteiger partial charge in [0.15, 0.2) is 0 Å². The van der Waals surface area contributed by atoms with Crippen LogP contribution in [0.25, 0.3) is 0 Å². The fourth-order valence-electron chi connectivity index (χ4n) is 10.8. The Hall–Kier alpha value is -8.28. The molecule has 0 saturated carbocycles. The normalized spacial score (nSPS) is 21.6. The van der Waals surface area contributed by atoms with Gasteiger partial charge in [-0.25, -0.2) is 18.4 Å². The van der Waals surface area contributed by atoms with E-state index in [1.54, 1.807) is 61.4 Å². The van der Waals surface area contributed by atoms with E-state index < -0.39 is 120 Å². The van der Waals surface area contributed by atoms with Crippen LogP contribution < -0.4 is 30.7 Å². The van der Waals surface area contributed by atoms with Gasteiger partial charge in [-0.1, -0.05) is 72.5 Å². The number of rotatable bonds is 22. The van der Waals surface area contributed by atoms with Crippen LogP contribution in [0.5, 0.6) is 11.5 Å². The number of ether oxygens (including phenoxy) is 6. The first-order valence-electron chi connectivity index (χ1n) is 28.1. The molecule has 4 heterocycles. The minimum Gasteiger partial charge on any atom is -0.486 e. The van der Waals surface area contributed by atoms with Gasteiger partial charge >= 0.3 is 12.2 Å². The van der Waals surface area contributed by atoms with Crippen molar-refractivity contribution in [2.75, 3.05) is 53.5 Å². The maximum atomic E-state index is 14.8. The maximum Gasteiger partial charge on any atom is 0.410 e. The highest BCUT2D eigenvalue weighted by molar-refractivity contribution is 5.91. The number of benzene rings is 4. The number of nitrogens with one attached hydrogen (secondary N) is 4. The first-order valence-corrected chi connectivity index (χ1v) is 28.1. The summed E-state index contributed by atoms with van der Waals surface area (Å²) in [5.74, 6) is 8.96. The van der Waals surface area contributed by atoms with E-state index in [0.29, 0.717) is 24.3 Å². The van der Waals surface area contributed by atoms with E-state index >= 15 is 0 Å². The Bertz CT molecular complexity index is 2830. The van der Waals surface area contributed by atoms with Crippen LogP contribution in [-0.4, -0.2) is 182 Å². The third-order valence-electron chi connectivity index (χ3n) is 15.6. The zero-order chi connectivity index (χ0) is 59.9. The van der Waals surface area contributed by atoms with Crippen molar-refractivity contribution in [3.8, 4) is 35.2 Å². The number of fused-ring (bicyclic) bond motifs is 2. The highest BCUT2D eigenvalue weighted by Crippen LogP contribution is 2.37. The molecule has 84 heavy (non-hydrogen) atoms. The van der Waals surface area contributed by atoms with Gasteiger partial charge in [-0.2, -0.15) is 0 Å². The zero-order valence-electron chi connectivity index (χ0n) is 47.8. The van der Waals surface area contributed by atoms with Crippen molar-refractivity contribution >= 4 is 35.8 Å². The molecule has 446 valence electrons. The van der Waals surface area contributed by atoms with Gasteiger partial charge in [-0.15, -0.1) is 0 Å². The molecular formula is C62H72F2N8O12. The summed E-state index contributed by atoms with van der Waals surface area (Å²) < 4.78 is 64.2. The smallest absolute Gasteiger partial charge is 0.410 e. The molecule has 22 heteroatoms. The number of nitrogens with zero attached hydrogens (tertiary/aromatic N) is 4. The van der Waals surface area contributed by atoms with Crippen LogP contribution in [0, 0.1) is 35.3 Å². The molecule has 20 nitrogen and oxygen atoms in total. The van der Waals surface area contributed by atoms with Crippen molar-refractivity contribution in [3.63, 3.8) is 0 Å². The van der Waals surface area contributed by atoms with E-state index in [2.05, 4.69) is 44.9 Å². The average Bonchev–Trinajstić information content (AvgIpc) is 1.91. The molecule has 0 bridgehead atoms. The summed E-state index contributed by atoms with van der Waals surface area (Å²) in [5, 5.41) is 11.5. The maximum absolute atomic E-state index is 14.8. The lowest BCUT2D eigenvalue weighted by molar-refractivity contribution is -0.142. The van der Waals surface area contributed by atoms with Gasteiger partial charge in [0.2, 0.25) is 23.6 Å². The molecule has 12 atom stereocenters. The lowest BCUT2D eigenvalue weighted by Crippen LogP contribution is -2.59. The van der Waals surface area contributed by atoms with Gasteiger partial charge in [0, 0.05) is 13.1 Å². The van der Waals surface area contributed by atoms with E-state index in [-0.39, 0.29) is 52.6 Å². The number of hydrogen-bond donors (Lipinski definition) is 4. The zero-order valence-corrected chi connectivity index (χ0v) is 47.8. The molecule has 4 aliphatic heterocycles. The summed E-state index contributed by atoms with van der Waals surface area (Å²) in [4.78, 5) is 90.1. The van der Waals surface area contributed by atoms with Gasteiger partial charge in [0.05, 0.1) is 61.5 Å². The number of carbonyl (C=O) groups is 6. The lowest BCUT2D eigenvalue weighted by atomic mass is 10.1. The van der Waals surface area contributed by atoms with Gasteiger partial charge in [-0.05, 0) is 126 Å². The predicted octanol–water partition coefficient (Wildman–Crippen LogP) is 4.41. The molecule has 0 unspecified atom stereocenters. The minimum atomic E-state index is -1.21. The number of carbonyl (C=O) groups excluding carboxylic acids is 6. The first-order chi connectivity index (χ1) is 40.5. The highest BCUT2D eigenvalue weighted by Gasteiger charge is 2.56. The topological polar surface area (TPSA) is 219 Å². The number of halogens is 2. The van der Waals surface area contributed by atoms with Crippen LogP contribution in [0.1, 0.15) is 51.7 Å². The van der Waals surface area contributed by atoms with Crippen LogP contribution in [-0.2, 0) is 51.3 Å². The summed E-state index contributed by atoms with van der Waals surface area (Å²) in [7, 11) is 3.23. The quantitative estimate of drug-likeness (QED) is 0.0803. The van der Waals surface area contributed by atoms with Crippen molar-refractivity contribution in [2.45, 2.75) is 127 Å². The molecular weight excluding hydrogens is 1090 g/mol. The first kappa shape index (κ1) is 61.8. The molecule has 0 aliphatic carbocycles. The fraction of sp³-hybridized carbons (Fsp3) is 0.452. The van der Waals surface area contributed by atoms with Crippen LogP contribution in [0.2, 0.25) is 0 Å². The third kappa shape index (κ3) is 15.5.